The van der Waals surface area contributed by atoms with Crippen molar-refractivity contribution < 1.29 is 16.8 Å². The molecule has 1 saturated carbocycles. The lowest BCUT2D eigenvalue weighted by Crippen LogP contribution is -2.27. The van der Waals surface area contributed by atoms with Crippen LogP contribution in [0.25, 0.3) is 0 Å². The molecule has 112 valence electrons. The number of hydrogen-bond donors (Lipinski definition) is 2. The molecule has 8 heteroatoms. The highest BCUT2D eigenvalue weighted by atomic mass is 32.2. The van der Waals surface area contributed by atoms with Crippen molar-refractivity contribution in [1.82, 2.24) is 4.72 Å². The van der Waals surface area contributed by atoms with E-state index in [9.17, 15) is 16.8 Å². The molecule has 0 radical (unpaired) electrons. The van der Waals surface area contributed by atoms with Crippen molar-refractivity contribution in [2.24, 2.45) is 11.1 Å². The van der Waals surface area contributed by atoms with Gasteiger partial charge in [-0.05, 0) is 43.0 Å². The Balaban J connectivity index is 2.11. The summed E-state index contributed by atoms with van der Waals surface area (Å²) in [5.74, 6) is 0.415. The van der Waals surface area contributed by atoms with Gasteiger partial charge in [-0.25, -0.2) is 26.7 Å². The minimum absolute atomic E-state index is 0.00197. The first-order chi connectivity index (χ1) is 9.24. The number of nitrogens with two attached hydrogens (primary N) is 1. The van der Waals surface area contributed by atoms with E-state index in [1.165, 1.54) is 24.3 Å². The molecule has 2 unspecified atom stereocenters. The summed E-state index contributed by atoms with van der Waals surface area (Å²) >= 11 is 0. The van der Waals surface area contributed by atoms with Crippen LogP contribution in [-0.2, 0) is 20.0 Å². The molecule has 0 spiro atoms. The molecule has 1 aliphatic carbocycles. The summed E-state index contributed by atoms with van der Waals surface area (Å²) in [6.45, 7) is 2.07. The van der Waals surface area contributed by atoms with Gasteiger partial charge >= 0.3 is 0 Å². The quantitative estimate of drug-likeness (QED) is 0.809. The van der Waals surface area contributed by atoms with E-state index in [4.69, 9.17) is 5.14 Å². The average Bonchev–Trinajstić information content (AvgIpc) is 3.06. The van der Waals surface area contributed by atoms with Gasteiger partial charge in [0.2, 0.25) is 20.0 Å². The van der Waals surface area contributed by atoms with Crippen LogP contribution in [0, 0.1) is 5.92 Å². The van der Waals surface area contributed by atoms with Gasteiger partial charge in [-0.2, -0.15) is 0 Å². The monoisotopic (exact) mass is 318 g/mol. The Hall–Kier alpha value is -0.960. The van der Waals surface area contributed by atoms with Crippen LogP contribution in [-0.4, -0.2) is 22.9 Å². The van der Waals surface area contributed by atoms with Crippen LogP contribution in [0.15, 0.2) is 34.1 Å². The van der Waals surface area contributed by atoms with Crippen LogP contribution >= 0.6 is 0 Å². The Morgan fingerprint density at radius 1 is 1.15 bits per heavy atom. The number of hydrogen-bond acceptors (Lipinski definition) is 4. The van der Waals surface area contributed by atoms with Gasteiger partial charge < -0.3 is 0 Å². The van der Waals surface area contributed by atoms with Crippen LogP contribution in [0.5, 0.6) is 0 Å². The van der Waals surface area contributed by atoms with Crippen LogP contribution in [0.4, 0.5) is 0 Å². The summed E-state index contributed by atoms with van der Waals surface area (Å²) in [4.78, 5) is -0.0567. The van der Waals surface area contributed by atoms with Gasteiger partial charge in [-0.3, -0.25) is 0 Å². The first kappa shape index (κ1) is 15.4. The van der Waals surface area contributed by atoms with Crippen LogP contribution < -0.4 is 9.86 Å². The lowest BCUT2D eigenvalue weighted by Gasteiger charge is -2.07. The molecule has 2 atom stereocenters. The van der Waals surface area contributed by atoms with Crippen LogP contribution in [0.1, 0.15) is 26.2 Å². The fourth-order valence-corrected chi connectivity index (χ4v) is 3.99. The molecule has 2 rings (SSSR count). The van der Waals surface area contributed by atoms with Crippen molar-refractivity contribution in [1.29, 1.82) is 0 Å². The molecule has 0 heterocycles. The van der Waals surface area contributed by atoms with Gasteiger partial charge in [0.15, 0.2) is 0 Å². The van der Waals surface area contributed by atoms with E-state index in [2.05, 4.69) is 11.6 Å². The molecule has 1 aromatic rings. The number of nitrogens with one attached hydrogen (secondary N) is 1. The Bertz CT molecular complexity index is 681. The van der Waals surface area contributed by atoms with E-state index in [-0.39, 0.29) is 15.8 Å². The van der Waals surface area contributed by atoms with Crippen molar-refractivity contribution in [3.05, 3.63) is 24.3 Å². The standard InChI is InChI=1S/C12H18N2O4S2/c1-2-3-9-8-12(9)14-20(17,18)11-6-4-10(5-7-11)19(13,15)16/h4-7,9,12,14H,2-3,8H2,1H3,(H2,13,15,16). The second-order valence-electron chi connectivity index (χ2n) is 5.03. The van der Waals surface area contributed by atoms with E-state index < -0.39 is 20.0 Å². The van der Waals surface area contributed by atoms with Gasteiger partial charge in [0.05, 0.1) is 9.79 Å². The van der Waals surface area contributed by atoms with Crippen molar-refractivity contribution in [2.45, 2.75) is 42.0 Å². The van der Waals surface area contributed by atoms with Gasteiger partial charge in [0.25, 0.3) is 0 Å². The zero-order valence-electron chi connectivity index (χ0n) is 11.1. The number of benzene rings is 1. The predicted molar refractivity (Wildman–Crippen MR) is 74.9 cm³/mol. The van der Waals surface area contributed by atoms with Crippen molar-refractivity contribution in [3.8, 4) is 0 Å². The molecule has 0 amide bonds. The summed E-state index contributed by atoms with van der Waals surface area (Å²) in [6.07, 6.45) is 2.91. The molecular weight excluding hydrogens is 300 g/mol. The van der Waals surface area contributed by atoms with E-state index >= 15 is 0 Å². The van der Waals surface area contributed by atoms with Crippen molar-refractivity contribution >= 4 is 20.0 Å². The van der Waals surface area contributed by atoms with E-state index in [1.54, 1.807) is 0 Å². The van der Waals surface area contributed by atoms with E-state index in [1.807, 2.05) is 0 Å². The zero-order chi connectivity index (χ0) is 15.0. The fourth-order valence-electron chi connectivity index (χ4n) is 2.16. The maximum Gasteiger partial charge on any atom is 0.240 e. The highest BCUT2D eigenvalue weighted by Gasteiger charge is 2.39. The smallest absolute Gasteiger partial charge is 0.225 e. The van der Waals surface area contributed by atoms with E-state index in [0.717, 1.165) is 19.3 Å². The molecular formula is C12H18N2O4S2. The number of primary sulfonamides is 1. The normalized spacial score (nSPS) is 22.7. The third-order valence-corrected chi connectivity index (χ3v) is 5.79. The molecule has 20 heavy (non-hydrogen) atoms. The third-order valence-electron chi connectivity index (χ3n) is 3.35. The molecule has 0 saturated heterocycles. The second kappa shape index (κ2) is 5.44. The van der Waals surface area contributed by atoms with E-state index in [0.29, 0.717) is 5.92 Å². The van der Waals surface area contributed by atoms with Gasteiger partial charge in [0, 0.05) is 6.04 Å². The molecule has 0 aliphatic heterocycles. The van der Waals surface area contributed by atoms with Crippen LogP contribution in [0.2, 0.25) is 0 Å². The molecule has 1 aliphatic rings. The Morgan fingerprint density at radius 2 is 1.70 bits per heavy atom. The zero-order valence-corrected chi connectivity index (χ0v) is 12.7. The maximum atomic E-state index is 12.1. The highest BCUT2D eigenvalue weighted by Crippen LogP contribution is 2.35. The van der Waals surface area contributed by atoms with Crippen molar-refractivity contribution in [3.63, 3.8) is 0 Å². The van der Waals surface area contributed by atoms with Gasteiger partial charge in [-0.15, -0.1) is 0 Å². The largest absolute Gasteiger partial charge is 0.240 e. The summed E-state index contributed by atoms with van der Waals surface area (Å²) in [5, 5.41) is 4.97. The lowest BCUT2D eigenvalue weighted by molar-refractivity contribution is 0.572. The highest BCUT2D eigenvalue weighted by molar-refractivity contribution is 7.89. The molecule has 1 fully saturated rings. The first-order valence-corrected chi connectivity index (χ1v) is 9.42. The lowest BCUT2D eigenvalue weighted by atomic mass is 10.2. The Labute approximate surface area is 119 Å². The SMILES string of the molecule is CCCC1CC1NS(=O)(=O)c1ccc(S(N)(=O)=O)cc1. The minimum atomic E-state index is -3.81. The minimum Gasteiger partial charge on any atom is -0.225 e. The van der Waals surface area contributed by atoms with Gasteiger partial charge in [-0.1, -0.05) is 13.3 Å². The summed E-state index contributed by atoms with van der Waals surface area (Å²) in [6, 6.07) is 4.89. The Morgan fingerprint density at radius 3 is 2.20 bits per heavy atom. The summed E-state index contributed by atoms with van der Waals surface area (Å²) in [5.41, 5.74) is 0. The second-order valence-corrected chi connectivity index (χ2v) is 8.30. The maximum absolute atomic E-state index is 12.1. The Kier molecular flexibility index (Phi) is 4.19. The molecule has 0 bridgehead atoms. The third kappa shape index (κ3) is 3.57. The first-order valence-electron chi connectivity index (χ1n) is 6.39. The topological polar surface area (TPSA) is 106 Å². The average molecular weight is 318 g/mol. The summed E-state index contributed by atoms with van der Waals surface area (Å²) < 4.78 is 49.1. The molecule has 6 nitrogen and oxygen atoms in total. The molecule has 3 N–H and O–H groups in total. The van der Waals surface area contributed by atoms with Crippen LogP contribution in [0.3, 0.4) is 0 Å². The predicted octanol–water partition coefficient (Wildman–Crippen LogP) is 0.801. The van der Waals surface area contributed by atoms with Gasteiger partial charge in [0.1, 0.15) is 0 Å². The molecule has 0 aromatic heterocycles. The number of sulfonamides is 2. The fraction of sp³-hybridized carbons (Fsp3) is 0.500. The van der Waals surface area contributed by atoms with Crippen molar-refractivity contribution in [2.75, 3.05) is 0 Å². The summed E-state index contributed by atoms with van der Waals surface area (Å²) in [7, 11) is -7.40. The molecule has 1 aromatic carbocycles. The number of rotatable bonds is 6.